The molecule has 1 aliphatic rings. The molecule has 18 heavy (non-hydrogen) atoms. The van der Waals surface area contributed by atoms with Crippen LogP contribution in [0.25, 0.3) is 0 Å². The SMILES string of the molecule is O=C(O)C1CN1S(=O)(=O)c1ccc([N+](=O)[O-])cc1. The van der Waals surface area contributed by atoms with Crippen molar-refractivity contribution in [3.63, 3.8) is 0 Å². The summed E-state index contributed by atoms with van der Waals surface area (Å²) in [7, 11) is -3.87. The zero-order valence-electron chi connectivity index (χ0n) is 8.88. The normalized spacial score (nSPS) is 22.4. The van der Waals surface area contributed by atoms with E-state index in [1.165, 1.54) is 0 Å². The second-order valence-electron chi connectivity index (χ2n) is 3.68. The van der Waals surface area contributed by atoms with E-state index < -0.39 is 27.0 Å². The predicted molar refractivity (Wildman–Crippen MR) is 58.4 cm³/mol. The first-order valence-electron chi connectivity index (χ1n) is 4.83. The zero-order chi connectivity index (χ0) is 13.5. The van der Waals surface area contributed by atoms with Gasteiger partial charge in [-0.25, -0.2) is 8.42 Å². The maximum atomic E-state index is 11.9. The highest BCUT2D eigenvalue weighted by molar-refractivity contribution is 7.89. The number of carboxylic acid groups (broad SMARTS) is 1. The second-order valence-corrected chi connectivity index (χ2v) is 5.57. The van der Waals surface area contributed by atoms with Crippen molar-refractivity contribution in [1.82, 2.24) is 4.31 Å². The first kappa shape index (κ1) is 12.5. The average Bonchev–Trinajstić information content (AvgIpc) is 3.09. The third-order valence-electron chi connectivity index (χ3n) is 2.51. The van der Waals surface area contributed by atoms with Crippen LogP contribution in [0, 0.1) is 10.1 Å². The number of nitro benzene ring substituents is 1. The van der Waals surface area contributed by atoms with Gasteiger partial charge in [0, 0.05) is 18.7 Å². The number of rotatable bonds is 4. The van der Waals surface area contributed by atoms with Gasteiger partial charge in [0.15, 0.2) is 0 Å². The number of hydrogen-bond acceptors (Lipinski definition) is 5. The number of nitro groups is 1. The summed E-state index contributed by atoms with van der Waals surface area (Å²) in [5.74, 6) is -1.21. The fourth-order valence-electron chi connectivity index (χ4n) is 1.47. The fourth-order valence-corrected chi connectivity index (χ4v) is 2.98. The smallest absolute Gasteiger partial charge is 0.323 e. The number of sulfonamides is 1. The molecule has 9 heteroatoms. The minimum absolute atomic E-state index is 0.0747. The summed E-state index contributed by atoms with van der Waals surface area (Å²) in [6.07, 6.45) is 0. The second kappa shape index (κ2) is 4.03. The van der Waals surface area contributed by atoms with E-state index in [0.29, 0.717) is 0 Å². The number of hydrogen-bond donors (Lipinski definition) is 1. The highest BCUT2D eigenvalue weighted by Gasteiger charge is 2.49. The van der Waals surface area contributed by atoms with Gasteiger partial charge in [-0.2, -0.15) is 4.31 Å². The van der Waals surface area contributed by atoms with E-state index in [0.717, 1.165) is 28.6 Å². The van der Waals surface area contributed by atoms with Gasteiger partial charge in [-0.3, -0.25) is 14.9 Å². The van der Waals surface area contributed by atoms with Gasteiger partial charge in [-0.15, -0.1) is 0 Å². The third kappa shape index (κ3) is 2.05. The standard InChI is InChI=1S/C9H8N2O6S/c12-9(13)8-5-10(8)18(16,17)7-3-1-6(2-4-7)11(14)15/h1-4,8H,5H2,(H,12,13). The Bertz CT molecular complexity index is 608. The highest BCUT2D eigenvalue weighted by atomic mass is 32.2. The van der Waals surface area contributed by atoms with Gasteiger partial charge in [0.2, 0.25) is 10.0 Å². The maximum Gasteiger partial charge on any atom is 0.323 e. The van der Waals surface area contributed by atoms with Crippen LogP contribution in [0.1, 0.15) is 0 Å². The highest BCUT2D eigenvalue weighted by Crippen LogP contribution is 2.29. The van der Waals surface area contributed by atoms with Crippen LogP contribution in [0.15, 0.2) is 29.2 Å². The molecule has 2 rings (SSSR count). The van der Waals surface area contributed by atoms with E-state index in [1.54, 1.807) is 0 Å². The Morgan fingerprint density at radius 2 is 1.94 bits per heavy atom. The van der Waals surface area contributed by atoms with Crippen molar-refractivity contribution < 1.29 is 23.2 Å². The molecule has 8 nitrogen and oxygen atoms in total. The van der Waals surface area contributed by atoms with Gasteiger partial charge < -0.3 is 5.11 Å². The lowest BCUT2D eigenvalue weighted by molar-refractivity contribution is -0.384. The lowest BCUT2D eigenvalue weighted by Crippen LogP contribution is -2.19. The summed E-state index contributed by atoms with van der Waals surface area (Å²) in [5.41, 5.74) is -0.227. The molecule has 0 aromatic heterocycles. The molecule has 1 heterocycles. The van der Waals surface area contributed by atoms with E-state index in [2.05, 4.69) is 0 Å². The van der Waals surface area contributed by atoms with E-state index in [9.17, 15) is 23.3 Å². The predicted octanol–water partition coefficient (Wildman–Crippen LogP) is 0.0523. The van der Waals surface area contributed by atoms with E-state index >= 15 is 0 Å². The number of non-ortho nitro benzene ring substituents is 1. The molecule has 2 atom stereocenters. The van der Waals surface area contributed by atoms with E-state index in [1.807, 2.05) is 0 Å². The Labute approximate surface area is 102 Å². The molecule has 1 aromatic carbocycles. The summed E-state index contributed by atoms with van der Waals surface area (Å²) >= 11 is 0. The Morgan fingerprint density at radius 3 is 2.33 bits per heavy atom. The molecule has 1 fully saturated rings. The summed E-state index contributed by atoms with van der Waals surface area (Å²) in [6, 6.07) is 3.26. The summed E-state index contributed by atoms with van der Waals surface area (Å²) in [4.78, 5) is 20.2. The van der Waals surface area contributed by atoms with Crippen LogP contribution in [-0.2, 0) is 14.8 Å². The van der Waals surface area contributed by atoms with Gasteiger partial charge in [0.1, 0.15) is 6.04 Å². The maximum absolute atomic E-state index is 11.9. The van der Waals surface area contributed by atoms with Crippen LogP contribution in [0.3, 0.4) is 0 Å². The van der Waals surface area contributed by atoms with Crippen molar-refractivity contribution in [3.8, 4) is 0 Å². The van der Waals surface area contributed by atoms with Crippen molar-refractivity contribution in [1.29, 1.82) is 0 Å². The molecule has 1 N–H and O–H groups in total. The molecule has 0 saturated carbocycles. The van der Waals surface area contributed by atoms with Crippen LogP contribution in [0.5, 0.6) is 0 Å². The van der Waals surface area contributed by atoms with E-state index in [-0.39, 0.29) is 17.1 Å². The fraction of sp³-hybridized carbons (Fsp3) is 0.222. The molecule has 1 aromatic rings. The largest absolute Gasteiger partial charge is 0.480 e. The molecule has 2 unspecified atom stereocenters. The minimum Gasteiger partial charge on any atom is -0.480 e. The quantitative estimate of drug-likeness (QED) is 0.470. The van der Waals surface area contributed by atoms with E-state index in [4.69, 9.17) is 5.11 Å². The van der Waals surface area contributed by atoms with Gasteiger partial charge in [-0.1, -0.05) is 0 Å². The number of carbonyl (C=O) groups is 1. The van der Waals surface area contributed by atoms with Crippen molar-refractivity contribution >= 4 is 21.7 Å². The molecule has 0 spiro atoms. The van der Waals surface area contributed by atoms with Gasteiger partial charge in [-0.05, 0) is 12.1 Å². The van der Waals surface area contributed by atoms with Crippen molar-refractivity contribution in [2.24, 2.45) is 0 Å². The molecule has 0 amide bonds. The third-order valence-corrected chi connectivity index (χ3v) is 4.40. The van der Waals surface area contributed by atoms with Crippen LogP contribution >= 0.6 is 0 Å². The van der Waals surface area contributed by atoms with Gasteiger partial charge in [0.05, 0.1) is 9.82 Å². The molecule has 96 valence electrons. The van der Waals surface area contributed by atoms with Crippen LogP contribution < -0.4 is 0 Å². The Morgan fingerprint density at radius 1 is 1.39 bits per heavy atom. The lowest BCUT2D eigenvalue weighted by Gasteiger charge is -2.04. The Kier molecular flexibility index (Phi) is 2.79. The molecule has 0 aliphatic carbocycles. The molecular formula is C9H8N2O6S. The lowest BCUT2D eigenvalue weighted by atomic mass is 10.3. The van der Waals surface area contributed by atoms with Crippen LogP contribution in [0.2, 0.25) is 0 Å². The first-order chi connectivity index (χ1) is 8.34. The number of carboxylic acids is 1. The van der Waals surface area contributed by atoms with Crippen molar-refractivity contribution in [2.75, 3.05) is 6.54 Å². The molecule has 0 bridgehead atoms. The number of aliphatic carboxylic acids is 1. The summed E-state index contributed by atoms with van der Waals surface area (Å²) in [5, 5.41) is 19.1. The van der Waals surface area contributed by atoms with Crippen molar-refractivity contribution in [3.05, 3.63) is 34.4 Å². The Balaban J connectivity index is 2.27. The first-order valence-corrected chi connectivity index (χ1v) is 6.27. The molecule has 1 aliphatic heterocycles. The minimum atomic E-state index is -3.87. The van der Waals surface area contributed by atoms with Crippen molar-refractivity contribution in [2.45, 2.75) is 10.9 Å². The monoisotopic (exact) mass is 272 g/mol. The number of benzene rings is 1. The topological polar surface area (TPSA) is 118 Å². The van der Waals surface area contributed by atoms with Gasteiger partial charge in [0.25, 0.3) is 5.69 Å². The number of nitrogens with zero attached hydrogens (tertiary/aromatic N) is 2. The molecule has 1 saturated heterocycles. The summed E-state index contributed by atoms with van der Waals surface area (Å²) < 4.78 is 24.6. The van der Waals surface area contributed by atoms with Gasteiger partial charge >= 0.3 is 5.97 Å². The summed E-state index contributed by atoms with van der Waals surface area (Å²) in [6.45, 7) is -0.0747. The average molecular weight is 272 g/mol. The zero-order valence-corrected chi connectivity index (χ0v) is 9.70. The van der Waals surface area contributed by atoms with Crippen LogP contribution in [-0.4, -0.2) is 41.3 Å². The Hall–Kier alpha value is -2.00. The molecular weight excluding hydrogens is 264 g/mol. The van der Waals surface area contributed by atoms with Crippen LogP contribution in [0.4, 0.5) is 5.69 Å². The molecule has 0 radical (unpaired) electrons.